The van der Waals surface area contributed by atoms with Crippen LogP contribution in [0.4, 0.5) is 0 Å². The van der Waals surface area contributed by atoms with Crippen LogP contribution in [-0.2, 0) is 31.2 Å². The maximum absolute atomic E-state index is 13.1. The fourth-order valence-corrected chi connectivity index (χ4v) is 5.27. The van der Waals surface area contributed by atoms with Gasteiger partial charge >= 0.3 is 0 Å². The second-order valence-electron chi connectivity index (χ2n) is 11.9. The first-order valence-corrected chi connectivity index (χ1v) is 16.8. The molecule has 0 aliphatic carbocycles. The molecule has 6 aromatic carbocycles. The molecule has 0 fully saturated rings. The molecule has 7 nitrogen and oxygen atoms in total. The monoisotopic (exact) mass is 690 g/mol. The lowest BCUT2D eigenvalue weighted by molar-refractivity contribution is -0.110. The molecule has 0 aliphatic rings. The van der Waals surface area contributed by atoms with E-state index in [4.69, 9.17) is 18.9 Å². The van der Waals surface area contributed by atoms with Gasteiger partial charge in [-0.25, -0.2) is 0 Å². The minimum Gasteiger partial charge on any atom is -0.507 e. The van der Waals surface area contributed by atoms with Crippen LogP contribution in [0, 0.1) is 0 Å². The van der Waals surface area contributed by atoms with Gasteiger partial charge in [-0.15, -0.1) is 0 Å². The standard InChI is InChI=1S/C45H38O7/c46-38(23-21-33-22-24-42(50-30-35-15-7-2-8-16-35)43(25-33)51-31-36-17-9-3-10-18-36)26-40(47)45-41(48)27-39(49-29-34-13-5-1-6-14-34)28-44(45)52-32-37-19-11-4-12-20-37/h1-28,47-48H,29-32H2/b23-21+,40-26-. The summed E-state index contributed by atoms with van der Waals surface area (Å²) in [4.78, 5) is 13.1. The predicted octanol–water partition coefficient (Wildman–Crippen LogP) is 9.89. The van der Waals surface area contributed by atoms with Gasteiger partial charge < -0.3 is 29.2 Å². The average Bonchev–Trinajstić information content (AvgIpc) is 3.18. The summed E-state index contributed by atoms with van der Waals surface area (Å²) < 4.78 is 24.3. The van der Waals surface area contributed by atoms with E-state index in [1.165, 1.54) is 12.1 Å². The smallest absolute Gasteiger partial charge is 0.182 e. The highest BCUT2D eigenvalue weighted by molar-refractivity contribution is 6.06. The van der Waals surface area contributed by atoms with E-state index in [0.29, 0.717) is 36.0 Å². The fourth-order valence-electron chi connectivity index (χ4n) is 5.27. The van der Waals surface area contributed by atoms with Crippen molar-refractivity contribution in [1.29, 1.82) is 0 Å². The normalized spacial score (nSPS) is 11.3. The maximum Gasteiger partial charge on any atom is 0.182 e. The fraction of sp³-hybridized carbons (Fsp3) is 0.0889. The molecule has 0 radical (unpaired) electrons. The molecule has 260 valence electrons. The molecule has 0 heterocycles. The highest BCUT2D eigenvalue weighted by Crippen LogP contribution is 2.38. The largest absolute Gasteiger partial charge is 0.507 e. The Bertz CT molecular complexity index is 2110. The van der Waals surface area contributed by atoms with E-state index in [1.807, 2.05) is 127 Å². The van der Waals surface area contributed by atoms with E-state index in [1.54, 1.807) is 24.3 Å². The molecular weight excluding hydrogens is 652 g/mol. The molecule has 0 aromatic heterocycles. The summed E-state index contributed by atoms with van der Waals surface area (Å²) in [5.41, 5.74) is 4.51. The van der Waals surface area contributed by atoms with Crippen molar-refractivity contribution in [3.05, 3.63) is 197 Å². The Hall–Kier alpha value is -6.73. The van der Waals surface area contributed by atoms with Crippen molar-refractivity contribution in [3.63, 3.8) is 0 Å². The van der Waals surface area contributed by atoms with E-state index < -0.39 is 11.5 Å². The second kappa shape index (κ2) is 17.8. The number of aliphatic hydroxyl groups excluding tert-OH is 1. The van der Waals surface area contributed by atoms with Crippen LogP contribution in [0.5, 0.6) is 28.7 Å². The highest BCUT2D eigenvalue weighted by atomic mass is 16.5. The molecule has 7 heteroatoms. The van der Waals surface area contributed by atoms with Gasteiger partial charge in [0.1, 0.15) is 55.0 Å². The second-order valence-corrected chi connectivity index (χ2v) is 11.9. The summed E-state index contributed by atoms with van der Waals surface area (Å²) in [6, 6.07) is 47.1. The minimum absolute atomic E-state index is 0.0266. The van der Waals surface area contributed by atoms with Crippen molar-refractivity contribution >= 4 is 17.6 Å². The molecule has 0 amide bonds. The number of phenols is 1. The quantitative estimate of drug-likeness (QED) is 0.0771. The van der Waals surface area contributed by atoms with Gasteiger partial charge in [0.2, 0.25) is 0 Å². The number of allylic oxidation sites excluding steroid dienone is 2. The van der Waals surface area contributed by atoms with Crippen molar-refractivity contribution < 1.29 is 34.0 Å². The average molecular weight is 691 g/mol. The van der Waals surface area contributed by atoms with E-state index in [-0.39, 0.29) is 30.3 Å². The van der Waals surface area contributed by atoms with E-state index in [9.17, 15) is 15.0 Å². The van der Waals surface area contributed by atoms with Gasteiger partial charge in [-0.2, -0.15) is 0 Å². The molecule has 6 rings (SSSR count). The summed E-state index contributed by atoms with van der Waals surface area (Å²) in [5, 5.41) is 22.2. The molecule has 0 saturated carbocycles. The van der Waals surface area contributed by atoms with Crippen LogP contribution in [0.2, 0.25) is 0 Å². The molecule has 0 spiro atoms. The number of benzene rings is 6. The summed E-state index contributed by atoms with van der Waals surface area (Å²) in [7, 11) is 0. The van der Waals surface area contributed by atoms with Crippen LogP contribution < -0.4 is 18.9 Å². The van der Waals surface area contributed by atoms with Crippen LogP contribution in [-0.4, -0.2) is 16.0 Å². The lowest BCUT2D eigenvalue weighted by Gasteiger charge is -2.15. The van der Waals surface area contributed by atoms with Gasteiger partial charge in [0.15, 0.2) is 17.3 Å². The first-order valence-electron chi connectivity index (χ1n) is 16.8. The number of aromatic hydroxyl groups is 1. The number of aliphatic hydroxyl groups is 1. The van der Waals surface area contributed by atoms with Gasteiger partial charge in [0, 0.05) is 18.2 Å². The first kappa shape index (κ1) is 35.1. The zero-order valence-corrected chi connectivity index (χ0v) is 28.4. The van der Waals surface area contributed by atoms with Crippen LogP contribution in [0.3, 0.4) is 0 Å². The Labute approximate surface area is 303 Å². The number of rotatable bonds is 16. The highest BCUT2D eigenvalue weighted by Gasteiger charge is 2.18. The number of carbonyl (C=O) groups is 1. The molecule has 0 aliphatic heterocycles. The summed E-state index contributed by atoms with van der Waals surface area (Å²) in [6.45, 7) is 1.13. The van der Waals surface area contributed by atoms with Gasteiger partial charge in [-0.1, -0.05) is 133 Å². The first-order chi connectivity index (χ1) is 25.5. The summed E-state index contributed by atoms with van der Waals surface area (Å²) in [5.74, 6) is 0.318. The third kappa shape index (κ3) is 10.2. The van der Waals surface area contributed by atoms with Gasteiger partial charge in [0.25, 0.3) is 0 Å². The van der Waals surface area contributed by atoms with Crippen LogP contribution in [0.1, 0.15) is 33.4 Å². The van der Waals surface area contributed by atoms with E-state index >= 15 is 0 Å². The Morgan fingerprint density at radius 2 is 0.981 bits per heavy atom. The van der Waals surface area contributed by atoms with Crippen molar-refractivity contribution in [2.45, 2.75) is 26.4 Å². The minimum atomic E-state index is -0.508. The van der Waals surface area contributed by atoms with Crippen molar-refractivity contribution in [2.75, 3.05) is 0 Å². The Morgan fingerprint density at radius 1 is 0.519 bits per heavy atom. The predicted molar refractivity (Wildman–Crippen MR) is 202 cm³/mol. The van der Waals surface area contributed by atoms with Crippen LogP contribution in [0.15, 0.2) is 164 Å². The van der Waals surface area contributed by atoms with Crippen molar-refractivity contribution in [2.24, 2.45) is 0 Å². The molecule has 0 saturated heterocycles. The third-order valence-corrected chi connectivity index (χ3v) is 7.96. The Balaban J connectivity index is 1.20. The number of ether oxygens (including phenoxy) is 4. The number of phenolic OH excluding ortho intramolecular Hbond substituents is 1. The molecule has 6 aromatic rings. The van der Waals surface area contributed by atoms with Crippen LogP contribution in [0.25, 0.3) is 11.8 Å². The van der Waals surface area contributed by atoms with Gasteiger partial charge in [-0.3, -0.25) is 4.79 Å². The maximum atomic E-state index is 13.1. The molecule has 0 bridgehead atoms. The molecule has 52 heavy (non-hydrogen) atoms. The number of hydrogen-bond acceptors (Lipinski definition) is 7. The lowest BCUT2D eigenvalue weighted by atomic mass is 10.1. The van der Waals surface area contributed by atoms with Crippen molar-refractivity contribution in [1.82, 2.24) is 0 Å². The van der Waals surface area contributed by atoms with Crippen molar-refractivity contribution in [3.8, 4) is 28.7 Å². The number of carbonyl (C=O) groups excluding carboxylic acids is 1. The Kier molecular flexibility index (Phi) is 12.0. The molecule has 2 N–H and O–H groups in total. The Morgan fingerprint density at radius 3 is 1.50 bits per heavy atom. The molecular formula is C45H38O7. The summed E-state index contributed by atoms with van der Waals surface area (Å²) >= 11 is 0. The van der Waals surface area contributed by atoms with E-state index in [0.717, 1.165) is 28.3 Å². The lowest BCUT2D eigenvalue weighted by Crippen LogP contribution is -2.02. The zero-order chi connectivity index (χ0) is 36.0. The zero-order valence-electron chi connectivity index (χ0n) is 28.4. The van der Waals surface area contributed by atoms with E-state index in [2.05, 4.69) is 0 Å². The molecule has 0 atom stereocenters. The number of hydrogen-bond donors (Lipinski definition) is 2. The molecule has 0 unspecified atom stereocenters. The summed E-state index contributed by atoms with van der Waals surface area (Å²) in [6.07, 6.45) is 3.99. The van der Waals surface area contributed by atoms with Gasteiger partial charge in [-0.05, 0) is 46.0 Å². The SMILES string of the molecule is O=C(/C=C(\O)c1c(O)cc(OCc2ccccc2)cc1OCc1ccccc1)/C=C/c1ccc(OCc2ccccc2)c(OCc2ccccc2)c1. The van der Waals surface area contributed by atoms with Crippen LogP contribution >= 0.6 is 0 Å². The number of ketones is 1. The van der Waals surface area contributed by atoms with Gasteiger partial charge in [0.05, 0.1) is 0 Å². The topological polar surface area (TPSA) is 94.5 Å². The third-order valence-electron chi connectivity index (χ3n) is 7.96.